The van der Waals surface area contributed by atoms with Crippen LogP contribution in [0.3, 0.4) is 0 Å². The fourth-order valence-corrected chi connectivity index (χ4v) is 2.51. The van der Waals surface area contributed by atoms with Gasteiger partial charge in [0.05, 0.1) is 31.1 Å². The lowest BCUT2D eigenvalue weighted by molar-refractivity contribution is 0.134. The molecule has 4 nitrogen and oxygen atoms in total. The van der Waals surface area contributed by atoms with Crippen LogP contribution in [0.25, 0.3) is 0 Å². The van der Waals surface area contributed by atoms with Crippen LogP contribution >= 0.6 is 0 Å². The molecule has 20 heavy (non-hydrogen) atoms. The van der Waals surface area contributed by atoms with Gasteiger partial charge in [0.2, 0.25) is 0 Å². The highest BCUT2D eigenvalue weighted by Crippen LogP contribution is 2.26. The van der Waals surface area contributed by atoms with Crippen molar-refractivity contribution in [3.8, 4) is 0 Å². The molecule has 1 unspecified atom stereocenters. The van der Waals surface area contributed by atoms with Gasteiger partial charge in [0.25, 0.3) is 0 Å². The molecule has 0 bridgehead atoms. The molecule has 1 N–H and O–H groups in total. The van der Waals surface area contributed by atoms with Crippen molar-refractivity contribution in [2.75, 3.05) is 6.54 Å². The van der Waals surface area contributed by atoms with Crippen LogP contribution in [0.1, 0.15) is 41.8 Å². The predicted molar refractivity (Wildman–Crippen MR) is 77.1 cm³/mol. The van der Waals surface area contributed by atoms with Gasteiger partial charge in [-0.2, -0.15) is 0 Å². The van der Waals surface area contributed by atoms with E-state index in [2.05, 4.69) is 40.4 Å². The van der Waals surface area contributed by atoms with E-state index in [0.717, 1.165) is 25.3 Å². The highest BCUT2D eigenvalue weighted by atomic mass is 16.5. The Morgan fingerprint density at radius 2 is 2.15 bits per heavy atom. The molecule has 1 aromatic carbocycles. The predicted octanol–water partition coefficient (Wildman–Crippen LogP) is 2.60. The molecule has 0 spiro atoms. The van der Waals surface area contributed by atoms with Crippen molar-refractivity contribution in [3.05, 3.63) is 59.2 Å². The maximum atomic E-state index is 5.49. The summed E-state index contributed by atoms with van der Waals surface area (Å²) in [7, 11) is 0. The second-order valence-corrected chi connectivity index (χ2v) is 5.04. The van der Waals surface area contributed by atoms with Gasteiger partial charge in [-0.15, -0.1) is 0 Å². The molecule has 0 saturated heterocycles. The van der Waals surface area contributed by atoms with Crippen LogP contribution in [0.2, 0.25) is 0 Å². The van der Waals surface area contributed by atoms with Crippen molar-refractivity contribution in [3.63, 3.8) is 0 Å². The largest absolute Gasteiger partial charge is 0.372 e. The monoisotopic (exact) mass is 269 g/mol. The lowest BCUT2D eigenvalue weighted by Gasteiger charge is -2.19. The molecule has 3 rings (SSSR count). The second-order valence-electron chi connectivity index (χ2n) is 5.04. The molecular weight excluding hydrogens is 250 g/mol. The van der Waals surface area contributed by atoms with Crippen molar-refractivity contribution in [1.29, 1.82) is 0 Å². The smallest absolute Gasteiger partial charge is 0.0801 e. The number of rotatable bonds is 5. The van der Waals surface area contributed by atoms with E-state index in [-0.39, 0.29) is 6.04 Å². The first-order chi connectivity index (χ1) is 9.88. The lowest BCUT2D eigenvalue weighted by atomic mass is 9.99. The van der Waals surface area contributed by atoms with Crippen LogP contribution in [-0.2, 0) is 18.0 Å². The van der Waals surface area contributed by atoms with E-state index in [9.17, 15) is 0 Å². The molecule has 1 aliphatic heterocycles. The van der Waals surface area contributed by atoms with Gasteiger partial charge < -0.3 is 10.1 Å². The van der Waals surface area contributed by atoms with Gasteiger partial charge in [-0.05, 0) is 29.7 Å². The van der Waals surface area contributed by atoms with Crippen molar-refractivity contribution < 1.29 is 4.74 Å². The number of hydrogen-bond acceptors (Lipinski definition) is 4. The molecule has 0 radical (unpaired) electrons. The van der Waals surface area contributed by atoms with Gasteiger partial charge in [-0.1, -0.05) is 25.1 Å². The van der Waals surface area contributed by atoms with E-state index in [4.69, 9.17) is 4.74 Å². The Kier molecular flexibility index (Phi) is 4.04. The summed E-state index contributed by atoms with van der Waals surface area (Å²) in [4.78, 5) is 8.63. The molecule has 0 aliphatic carbocycles. The minimum Gasteiger partial charge on any atom is -0.372 e. The van der Waals surface area contributed by atoms with E-state index < -0.39 is 0 Å². The fraction of sp³-hybridized carbons (Fsp3) is 0.375. The molecule has 1 aliphatic rings. The highest BCUT2D eigenvalue weighted by molar-refractivity contribution is 5.37. The first-order valence-electron chi connectivity index (χ1n) is 7.07. The first kappa shape index (κ1) is 13.2. The van der Waals surface area contributed by atoms with E-state index in [1.165, 1.54) is 16.7 Å². The molecule has 0 fully saturated rings. The molecule has 1 atom stereocenters. The summed E-state index contributed by atoms with van der Waals surface area (Å²) in [5.74, 6) is 0. The van der Waals surface area contributed by atoms with E-state index in [1.807, 2.05) is 6.20 Å². The fourth-order valence-electron chi connectivity index (χ4n) is 2.51. The van der Waals surface area contributed by atoms with Crippen LogP contribution in [-0.4, -0.2) is 16.5 Å². The topological polar surface area (TPSA) is 47.0 Å². The maximum absolute atomic E-state index is 5.49. The highest BCUT2D eigenvalue weighted by Gasteiger charge is 2.18. The molecular formula is C16H19N3O. The summed E-state index contributed by atoms with van der Waals surface area (Å²) >= 11 is 0. The average Bonchev–Trinajstić information content (AvgIpc) is 2.96. The summed E-state index contributed by atoms with van der Waals surface area (Å²) in [6, 6.07) is 6.64. The standard InChI is InChI=1S/C16H19N3O/c1-2-5-19-16(15-9-17-6-7-18-15)12-3-4-13-10-20-11-14(13)8-12/h3-4,6-9,16,19H,2,5,10-11H2,1H3. The third-order valence-electron chi connectivity index (χ3n) is 3.56. The normalized spacial score (nSPS) is 15.1. The molecule has 1 aromatic heterocycles. The Balaban J connectivity index is 1.92. The minimum absolute atomic E-state index is 0.0922. The Hall–Kier alpha value is -1.78. The van der Waals surface area contributed by atoms with E-state index in [0.29, 0.717) is 6.61 Å². The number of fused-ring (bicyclic) bond motifs is 1. The first-order valence-corrected chi connectivity index (χ1v) is 7.07. The zero-order chi connectivity index (χ0) is 13.8. The van der Waals surface area contributed by atoms with Crippen molar-refractivity contribution in [1.82, 2.24) is 15.3 Å². The zero-order valence-corrected chi connectivity index (χ0v) is 11.7. The van der Waals surface area contributed by atoms with Gasteiger partial charge in [0.1, 0.15) is 0 Å². The average molecular weight is 269 g/mol. The van der Waals surface area contributed by atoms with E-state index in [1.54, 1.807) is 12.4 Å². The molecule has 0 saturated carbocycles. The SMILES string of the molecule is CCCNC(c1ccc2c(c1)COC2)c1cnccn1. The second kappa shape index (κ2) is 6.11. The van der Waals surface area contributed by atoms with Crippen molar-refractivity contribution >= 4 is 0 Å². The molecule has 2 aromatic rings. The van der Waals surface area contributed by atoms with Crippen LogP contribution in [0, 0.1) is 0 Å². The summed E-state index contributed by atoms with van der Waals surface area (Å²) in [5.41, 5.74) is 4.76. The van der Waals surface area contributed by atoms with E-state index >= 15 is 0 Å². The summed E-state index contributed by atoms with van der Waals surface area (Å²) in [6.07, 6.45) is 6.37. The van der Waals surface area contributed by atoms with Gasteiger partial charge in [0, 0.05) is 12.4 Å². The molecule has 0 amide bonds. The molecule has 2 heterocycles. The van der Waals surface area contributed by atoms with Gasteiger partial charge in [-0.3, -0.25) is 9.97 Å². The summed E-state index contributed by atoms with van der Waals surface area (Å²) in [6.45, 7) is 4.56. The Labute approximate surface area is 119 Å². The van der Waals surface area contributed by atoms with Crippen LogP contribution in [0.15, 0.2) is 36.8 Å². The zero-order valence-electron chi connectivity index (χ0n) is 11.7. The third-order valence-corrected chi connectivity index (χ3v) is 3.56. The minimum atomic E-state index is 0.0922. The number of aromatic nitrogens is 2. The Bertz CT molecular complexity index is 571. The number of hydrogen-bond donors (Lipinski definition) is 1. The Morgan fingerprint density at radius 3 is 2.95 bits per heavy atom. The van der Waals surface area contributed by atoms with Gasteiger partial charge in [0.15, 0.2) is 0 Å². The Morgan fingerprint density at radius 1 is 1.25 bits per heavy atom. The number of benzene rings is 1. The van der Waals surface area contributed by atoms with Crippen molar-refractivity contribution in [2.24, 2.45) is 0 Å². The third kappa shape index (κ3) is 2.71. The van der Waals surface area contributed by atoms with Gasteiger partial charge >= 0.3 is 0 Å². The lowest BCUT2D eigenvalue weighted by Crippen LogP contribution is -2.24. The van der Waals surface area contributed by atoms with Crippen LogP contribution in [0.4, 0.5) is 0 Å². The van der Waals surface area contributed by atoms with Crippen LogP contribution in [0.5, 0.6) is 0 Å². The maximum Gasteiger partial charge on any atom is 0.0801 e. The van der Waals surface area contributed by atoms with Crippen molar-refractivity contribution in [2.45, 2.75) is 32.6 Å². The van der Waals surface area contributed by atoms with Gasteiger partial charge in [-0.25, -0.2) is 0 Å². The molecule has 104 valence electrons. The number of nitrogens with one attached hydrogen (secondary N) is 1. The quantitative estimate of drug-likeness (QED) is 0.906. The van der Waals surface area contributed by atoms with Crippen LogP contribution < -0.4 is 5.32 Å². The number of nitrogens with zero attached hydrogens (tertiary/aromatic N) is 2. The summed E-state index contributed by atoms with van der Waals surface area (Å²) in [5, 5.41) is 3.55. The summed E-state index contributed by atoms with van der Waals surface area (Å²) < 4.78 is 5.49. The number of ether oxygens (including phenoxy) is 1. The molecule has 4 heteroatoms.